The molecule has 0 atom stereocenters. The van der Waals surface area contributed by atoms with Crippen LogP contribution in [0.5, 0.6) is 0 Å². The molecule has 0 bridgehead atoms. The number of benzene rings is 1. The van der Waals surface area contributed by atoms with E-state index in [2.05, 4.69) is 15.5 Å². The number of carbonyl (C=O) groups excluding carboxylic acids is 1. The van der Waals surface area contributed by atoms with Gasteiger partial charge in [-0.3, -0.25) is 14.2 Å². The van der Waals surface area contributed by atoms with Crippen molar-refractivity contribution in [3.8, 4) is 10.4 Å². The number of hydrogen-bond donors (Lipinski definition) is 1. The predicted molar refractivity (Wildman–Crippen MR) is 104 cm³/mol. The zero-order chi connectivity index (χ0) is 18.6. The highest BCUT2D eigenvalue weighted by Crippen LogP contribution is 2.30. The second kappa shape index (κ2) is 7.38. The number of furan rings is 1. The van der Waals surface area contributed by atoms with E-state index in [9.17, 15) is 9.59 Å². The van der Waals surface area contributed by atoms with Crippen molar-refractivity contribution in [3.63, 3.8) is 0 Å². The molecule has 0 aliphatic heterocycles. The average molecular weight is 378 g/mol. The molecule has 3 aromatic heterocycles. The van der Waals surface area contributed by atoms with E-state index >= 15 is 0 Å². The zero-order valence-electron chi connectivity index (χ0n) is 14.0. The molecule has 4 rings (SSSR count). The molecule has 27 heavy (non-hydrogen) atoms. The molecule has 8 heteroatoms. The van der Waals surface area contributed by atoms with Crippen molar-refractivity contribution in [2.45, 2.75) is 6.54 Å². The van der Waals surface area contributed by atoms with Gasteiger partial charge >= 0.3 is 0 Å². The van der Waals surface area contributed by atoms with Crippen LogP contribution in [0.4, 0.5) is 0 Å². The van der Waals surface area contributed by atoms with Gasteiger partial charge in [-0.25, -0.2) is 10.4 Å². The van der Waals surface area contributed by atoms with E-state index in [1.165, 1.54) is 34.7 Å². The molecule has 4 aromatic rings. The van der Waals surface area contributed by atoms with Crippen LogP contribution in [0.2, 0.25) is 0 Å². The number of fused-ring (bicyclic) bond motifs is 1. The third-order valence-electron chi connectivity index (χ3n) is 3.81. The summed E-state index contributed by atoms with van der Waals surface area (Å²) < 4.78 is 6.34. The SMILES string of the molecule is O=C(Cn1cnc2sc(-c3ccccc3)cc2c1=O)NN=Cc1ccco1. The van der Waals surface area contributed by atoms with Crippen molar-refractivity contribution in [2.75, 3.05) is 0 Å². The molecule has 0 radical (unpaired) electrons. The van der Waals surface area contributed by atoms with Crippen LogP contribution in [0.25, 0.3) is 20.7 Å². The number of nitrogens with zero attached hydrogens (tertiary/aromatic N) is 3. The standard InChI is InChI=1S/C19H14N4O3S/c24-17(22-21-10-14-7-4-8-26-14)11-23-12-20-18-15(19(23)25)9-16(27-18)13-5-2-1-3-6-13/h1-10,12H,11H2,(H,22,24). The number of aromatic nitrogens is 2. The van der Waals surface area contributed by atoms with E-state index in [4.69, 9.17) is 4.42 Å². The lowest BCUT2D eigenvalue weighted by Crippen LogP contribution is -2.29. The minimum atomic E-state index is -0.431. The predicted octanol–water partition coefficient (Wildman–Crippen LogP) is 2.87. The maximum Gasteiger partial charge on any atom is 0.262 e. The van der Waals surface area contributed by atoms with Gasteiger partial charge in [0.25, 0.3) is 11.5 Å². The Morgan fingerprint density at radius 2 is 2.11 bits per heavy atom. The lowest BCUT2D eigenvalue weighted by atomic mass is 10.2. The molecule has 0 saturated carbocycles. The van der Waals surface area contributed by atoms with E-state index < -0.39 is 5.91 Å². The smallest absolute Gasteiger partial charge is 0.262 e. The monoisotopic (exact) mass is 378 g/mol. The van der Waals surface area contributed by atoms with E-state index in [0.29, 0.717) is 16.0 Å². The van der Waals surface area contributed by atoms with Gasteiger partial charge in [-0.1, -0.05) is 30.3 Å². The highest BCUT2D eigenvalue weighted by atomic mass is 32.1. The number of thiophene rings is 1. The summed E-state index contributed by atoms with van der Waals surface area (Å²) in [6.07, 6.45) is 4.27. The molecular formula is C19H14N4O3S. The largest absolute Gasteiger partial charge is 0.463 e. The Balaban J connectivity index is 1.53. The molecule has 0 aliphatic rings. The lowest BCUT2D eigenvalue weighted by molar-refractivity contribution is -0.121. The highest BCUT2D eigenvalue weighted by molar-refractivity contribution is 7.21. The summed E-state index contributed by atoms with van der Waals surface area (Å²) in [5, 5.41) is 4.29. The summed E-state index contributed by atoms with van der Waals surface area (Å²) in [5.74, 6) is 0.0850. The van der Waals surface area contributed by atoms with Gasteiger partial charge in [-0.15, -0.1) is 11.3 Å². The van der Waals surface area contributed by atoms with Gasteiger partial charge in [0, 0.05) is 4.88 Å². The fourth-order valence-electron chi connectivity index (χ4n) is 2.54. The third-order valence-corrected chi connectivity index (χ3v) is 4.91. The summed E-state index contributed by atoms with van der Waals surface area (Å²) in [6, 6.07) is 15.0. The van der Waals surface area contributed by atoms with Crippen LogP contribution in [0.15, 0.2) is 75.4 Å². The second-order valence-corrected chi connectivity index (χ2v) is 6.71. The summed E-state index contributed by atoms with van der Waals surface area (Å²) >= 11 is 1.45. The van der Waals surface area contributed by atoms with Gasteiger partial charge < -0.3 is 4.42 Å². The maximum absolute atomic E-state index is 12.7. The van der Waals surface area contributed by atoms with Gasteiger partial charge in [0.1, 0.15) is 17.1 Å². The van der Waals surface area contributed by atoms with Gasteiger partial charge in [0.2, 0.25) is 0 Å². The van der Waals surface area contributed by atoms with Gasteiger partial charge in [0.05, 0.1) is 24.2 Å². The van der Waals surface area contributed by atoms with Crippen molar-refractivity contribution in [2.24, 2.45) is 5.10 Å². The Hall–Kier alpha value is -3.52. The van der Waals surface area contributed by atoms with Crippen LogP contribution in [-0.2, 0) is 11.3 Å². The molecule has 134 valence electrons. The Bertz CT molecular complexity index is 1160. The van der Waals surface area contributed by atoms with E-state index in [1.54, 1.807) is 12.1 Å². The first kappa shape index (κ1) is 16.9. The van der Waals surface area contributed by atoms with Crippen LogP contribution >= 0.6 is 11.3 Å². The first-order valence-electron chi connectivity index (χ1n) is 8.10. The molecule has 0 aliphatic carbocycles. The summed E-state index contributed by atoms with van der Waals surface area (Å²) in [7, 11) is 0. The number of rotatable bonds is 5. The van der Waals surface area contributed by atoms with Crippen molar-refractivity contribution in [3.05, 3.63) is 77.2 Å². The number of hydrazone groups is 1. The minimum absolute atomic E-state index is 0.173. The summed E-state index contributed by atoms with van der Waals surface area (Å²) in [6.45, 7) is -0.173. The van der Waals surface area contributed by atoms with Gasteiger partial charge in [-0.2, -0.15) is 5.10 Å². The van der Waals surface area contributed by atoms with Crippen molar-refractivity contribution in [1.82, 2.24) is 15.0 Å². The minimum Gasteiger partial charge on any atom is -0.463 e. The topological polar surface area (TPSA) is 89.5 Å². The Morgan fingerprint density at radius 1 is 1.26 bits per heavy atom. The van der Waals surface area contributed by atoms with Crippen molar-refractivity contribution in [1.29, 1.82) is 0 Å². The number of hydrogen-bond acceptors (Lipinski definition) is 6. The Kier molecular flexibility index (Phi) is 4.63. The quantitative estimate of drug-likeness (QED) is 0.427. The first-order valence-corrected chi connectivity index (χ1v) is 8.92. The van der Waals surface area contributed by atoms with Crippen molar-refractivity contribution < 1.29 is 9.21 Å². The van der Waals surface area contributed by atoms with Crippen LogP contribution < -0.4 is 11.0 Å². The normalized spacial score (nSPS) is 11.3. The summed E-state index contributed by atoms with van der Waals surface area (Å²) in [4.78, 5) is 30.6. The van der Waals surface area contributed by atoms with Crippen LogP contribution in [0.1, 0.15) is 5.76 Å². The number of amides is 1. The number of carbonyl (C=O) groups is 1. The Labute approximate surface area is 157 Å². The van der Waals surface area contributed by atoms with Gasteiger partial charge in [-0.05, 0) is 23.8 Å². The maximum atomic E-state index is 12.7. The van der Waals surface area contributed by atoms with Crippen LogP contribution in [0, 0.1) is 0 Å². The zero-order valence-corrected chi connectivity index (χ0v) is 14.8. The first-order chi connectivity index (χ1) is 13.2. The molecule has 1 N–H and O–H groups in total. The molecule has 1 amide bonds. The van der Waals surface area contributed by atoms with Gasteiger partial charge in [0.15, 0.2) is 0 Å². The Morgan fingerprint density at radius 3 is 2.89 bits per heavy atom. The third kappa shape index (κ3) is 3.70. The summed E-state index contributed by atoms with van der Waals surface area (Å²) in [5.41, 5.74) is 3.13. The highest BCUT2D eigenvalue weighted by Gasteiger charge is 2.12. The van der Waals surface area contributed by atoms with E-state index in [1.807, 2.05) is 36.4 Å². The van der Waals surface area contributed by atoms with Crippen molar-refractivity contribution >= 4 is 33.7 Å². The van der Waals surface area contributed by atoms with Crippen LogP contribution in [0.3, 0.4) is 0 Å². The fourth-order valence-corrected chi connectivity index (χ4v) is 3.53. The van der Waals surface area contributed by atoms with Crippen LogP contribution in [-0.4, -0.2) is 21.7 Å². The molecule has 3 heterocycles. The molecule has 0 spiro atoms. The second-order valence-electron chi connectivity index (χ2n) is 5.68. The average Bonchev–Trinajstić information content (AvgIpc) is 3.35. The molecule has 0 saturated heterocycles. The van der Waals surface area contributed by atoms with E-state index in [0.717, 1.165) is 10.4 Å². The fraction of sp³-hybridized carbons (Fsp3) is 0.0526. The molecule has 0 fully saturated rings. The molecule has 0 unspecified atom stereocenters. The molecular weight excluding hydrogens is 364 g/mol. The lowest BCUT2D eigenvalue weighted by Gasteiger charge is -2.03. The molecule has 7 nitrogen and oxygen atoms in total. The molecule has 1 aromatic carbocycles. The number of nitrogens with one attached hydrogen (secondary N) is 1. The van der Waals surface area contributed by atoms with E-state index in [-0.39, 0.29) is 12.1 Å².